The fourth-order valence-corrected chi connectivity index (χ4v) is 4.87. The molecule has 0 radical (unpaired) electrons. The highest BCUT2D eigenvalue weighted by molar-refractivity contribution is 6.74. The zero-order valence-electron chi connectivity index (χ0n) is 12.3. The summed E-state index contributed by atoms with van der Waals surface area (Å²) in [7, 11) is -1.75. The summed E-state index contributed by atoms with van der Waals surface area (Å²) < 4.78 is 5.95. The second-order valence-corrected chi connectivity index (χ2v) is 9.63. The van der Waals surface area contributed by atoms with Gasteiger partial charge >= 0.3 is 0 Å². The Morgan fingerprint density at radius 2 is 1.35 bits per heavy atom. The molecular weight excluding hydrogens is 228 g/mol. The van der Waals surface area contributed by atoms with E-state index in [4.69, 9.17) is 4.43 Å². The van der Waals surface area contributed by atoms with Crippen LogP contribution in [-0.4, -0.2) is 14.3 Å². The largest absolute Gasteiger partial charge is 0.519 e. The lowest BCUT2D eigenvalue weighted by Crippen LogP contribution is -2.40. The molecule has 0 bridgehead atoms. The molecule has 0 saturated heterocycles. The molecule has 3 heteroatoms. The van der Waals surface area contributed by atoms with Crippen LogP contribution in [-0.2, 0) is 9.22 Å². The van der Waals surface area contributed by atoms with Crippen LogP contribution in [0.25, 0.3) is 0 Å². The van der Waals surface area contributed by atoms with Crippen molar-refractivity contribution in [3.8, 4) is 0 Å². The van der Waals surface area contributed by atoms with Gasteiger partial charge in [0.2, 0.25) is 0 Å². The first kappa shape index (κ1) is 16.7. The Morgan fingerprint density at radius 3 is 1.65 bits per heavy atom. The lowest BCUT2D eigenvalue weighted by molar-refractivity contribution is -0.140. The lowest BCUT2D eigenvalue weighted by Gasteiger charge is -2.29. The molecule has 2 nitrogen and oxygen atoms in total. The fraction of sp³-hybridized carbons (Fsp3) is 0.929. The molecule has 0 aromatic carbocycles. The average Bonchev–Trinajstić information content (AvgIpc) is 2.35. The molecule has 0 aliphatic carbocycles. The van der Waals surface area contributed by atoms with E-state index in [0.717, 1.165) is 43.8 Å². The zero-order valence-corrected chi connectivity index (χ0v) is 13.3. The standard InChI is InChI=1S/C14H30O2Si/c1-6-11-13(12-7-2)14(15)16-17(8-3,9-4)10-5/h13H,6-12H2,1-5H3. The first-order valence-electron chi connectivity index (χ1n) is 7.31. The highest BCUT2D eigenvalue weighted by atomic mass is 28.4. The molecule has 102 valence electrons. The van der Waals surface area contributed by atoms with Gasteiger partial charge in [-0.05, 0) is 31.0 Å². The van der Waals surface area contributed by atoms with Crippen molar-refractivity contribution >= 4 is 14.3 Å². The maximum atomic E-state index is 12.2. The van der Waals surface area contributed by atoms with Crippen LogP contribution in [0.5, 0.6) is 0 Å². The molecule has 0 aliphatic rings. The van der Waals surface area contributed by atoms with Crippen molar-refractivity contribution < 1.29 is 9.22 Å². The Bertz CT molecular complexity index is 198. The minimum Gasteiger partial charge on any atom is -0.519 e. The van der Waals surface area contributed by atoms with Gasteiger partial charge < -0.3 is 4.43 Å². The molecule has 0 spiro atoms. The maximum absolute atomic E-state index is 12.2. The van der Waals surface area contributed by atoms with Crippen LogP contribution in [0.3, 0.4) is 0 Å². The predicted molar refractivity (Wildman–Crippen MR) is 76.6 cm³/mol. The van der Waals surface area contributed by atoms with Crippen LogP contribution in [0, 0.1) is 5.92 Å². The third-order valence-corrected chi connectivity index (χ3v) is 8.36. The van der Waals surface area contributed by atoms with Crippen LogP contribution < -0.4 is 0 Å². The van der Waals surface area contributed by atoms with E-state index in [9.17, 15) is 4.79 Å². The summed E-state index contributed by atoms with van der Waals surface area (Å²) in [6.07, 6.45) is 4.10. The van der Waals surface area contributed by atoms with E-state index in [-0.39, 0.29) is 11.9 Å². The minimum atomic E-state index is -1.75. The molecular formula is C14H30O2Si. The molecule has 0 fully saturated rings. The SMILES string of the molecule is CCCC(CCC)C(=O)O[Si](CC)(CC)CC. The zero-order chi connectivity index (χ0) is 13.3. The predicted octanol–water partition coefficient (Wildman–Crippen LogP) is 4.75. The first-order chi connectivity index (χ1) is 8.09. The Hall–Kier alpha value is -0.313. The Labute approximate surface area is 108 Å². The summed E-state index contributed by atoms with van der Waals surface area (Å²) in [5, 5.41) is 0. The van der Waals surface area contributed by atoms with Gasteiger partial charge in [0.05, 0.1) is 5.92 Å². The molecule has 17 heavy (non-hydrogen) atoms. The molecule has 0 atom stereocenters. The third-order valence-electron chi connectivity index (χ3n) is 3.86. The Balaban J connectivity index is 4.55. The molecule has 0 rings (SSSR count). The Morgan fingerprint density at radius 1 is 0.941 bits per heavy atom. The normalized spacial score (nSPS) is 11.9. The maximum Gasteiger partial charge on any atom is 0.295 e. The molecule has 0 aliphatic heterocycles. The molecule has 0 saturated carbocycles. The molecule has 0 unspecified atom stereocenters. The minimum absolute atomic E-state index is 0.0888. The number of carbonyl (C=O) groups is 1. The summed E-state index contributed by atoms with van der Waals surface area (Å²) in [6, 6.07) is 3.16. The van der Waals surface area contributed by atoms with Gasteiger partial charge in [-0.2, -0.15) is 0 Å². The lowest BCUT2D eigenvalue weighted by atomic mass is 9.99. The number of rotatable bonds is 9. The van der Waals surface area contributed by atoms with Crippen LogP contribution >= 0.6 is 0 Å². The van der Waals surface area contributed by atoms with Gasteiger partial charge in [-0.3, -0.25) is 4.79 Å². The average molecular weight is 258 g/mol. The number of carbonyl (C=O) groups excluding carboxylic acids is 1. The highest BCUT2D eigenvalue weighted by Crippen LogP contribution is 2.25. The van der Waals surface area contributed by atoms with E-state index in [2.05, 4.69) is 34.6 Å². The van der Waals surface area contributed by atoms with E-state index in [0.29, 0.717) is 0 Å². The van der Waals surface area contributed by atoms with Gasteiger partial charge in [0.15, 0.2) is 0 Å². The van der Waals surface area contributed by atoms with Gasteiger partial charge in [-0.1, -0.05) is 47.5 Å². The molecule has 0 aromatic heterocycles. The van der Waals surface area contributed by atoms with Crippen molar-refractivity contribution in [3.05, 3.63) is 0 Å². The van der Waals surface area contributed by atoms with Crippen molar-refractivity contribution in [2.45, 2.75) is 78.4 Å². The summed E-state index contributed by atoms with van der Waals surface area (Å²) in [6.45, 7) is 10.8. The van der Waals surface area contributed by atoms with Crippen LogP contribution in [0.4, 0.5) is 0 Å². The smallest absolute Gasteiger partial charge is 0.295 e. The van der Waals surface area contributed by atoms with Crippen LogP contribution in [0.2, 0.25) is 18.1 Å². The fourth-order valence-electron chi connectivity index (χ4n) is 2.34. The number of hydrogen-bond donors (Lipinski definition) is 0. The Kier molecular flexibility index (Phi) is 8.57. The van der Waals surface area contributed by atoms with E-state index < -0.39 is 8.32 Å². The van der Waals surface area contributed by atoms with Gasteiger partial charge in [0.25, 0.3) is 14.3 Å². The van der Waals surface area contributed by atoms with Gasteiger partial charge in [-0.15, -0.1) is 0 Å². The van der Waals surface area contributed by atoms with Gasteiger partial charge in [0.1, 0.15) is 0 Å². The van der Waals surface area contributed by atoms with E-state index in [1.165, 1.54) is 0 Å². The second kappa shape index (κ2) is 8.73. The van der Waals surface area contributed by atoms with Crippen LogP contribution in [0.1, 0.15) is 60.3 Å². The monoisotopic (exact) mass is 258 g/mol. The van der Waals surface area contributed by atoms with Crippen molar-refractivity contribution in [2.75, 3.05) is 0 Å². The van der Waals surface area contributed by atoms with Gasteiger partial charge in [0, 0.05) is 0 Å². The van der Waals surface area contributed by atoms with E-state index >= 15 is 0 Å². The first-order valence-corrected chi connectivity index (χ1v) is 9.84. The molecule has 0 heterocycles. The highest BCUT2D eigenvalue weighted by Gasteiger charge is 2.34. The van der Waals surface area contributed by atoms with Gasteiger partial charge in [-0.25, -0.2) is 0 Å². The quantitative estimate of drug-likeness (QED) is 0.558. The molecule has 0 aromatic rings. The van der Waals surface area contributed by atoms with E-state index in [1.54, 1.807) is 0 Å². The van der Waals surface area contributed by atoms with Crippen molar-refractivity contribution in [1.82, 2.24) is 0 Å². The van der Waals surface area contributed by atoms with Crippen molar-refractivity contribution in [1.29, 1.82) is 0 Å². The summed E-state index contributed by atoms with van der Waals surface area (Å²) in [5.74, 6) is 0.229. The third kappa shape index (κ3) is 5.24. The van der Waals surface area contributed by atoms with Crippen molar-refractivity contribution in [2.24, 2.45) is 5.92 Å². The van der Waals surface area contributed by atoms with Crippen molar-refractivity contribution in [3.63, 3.8) is 0 Å². The molecule has 0 N–H and O–H groups in total. The summed E-state index contributed by atoms with van der Waals surface area (Å²) >= 11 is 0. The number of hydrogen-bond acceptors (Lipinski definition) is 2. The van der Waals surface area contributed by atoms with Crippen LogP contribution in [0.15, 0.2) is 0 Å². The molecule has 0 amide bonds. The van der Waals surface area contributed by atoms with E-state index in [1.807, 2.05) is 0 Å². The topological polar surface area (TPSA) is 26.3 Å². The summed E-state index contributed by atoms with van der Waals surface area (Å²) in [5.41, 5.74) is 0. The summed E-state index contributed by atoms with van der Waals surface area (Å²) in [4.78, 5) is 12.2. The second-order valence-electron chi connectivity index (χ2n) is 4.94.